The average molecular weight is 241 g/mol. The van der Waals surface area contributed by atoms with E-state index in [4.69, 9.17) is 16.3 Å². The van der Waals surface area contributed by atoms with E-state index in [9.17, 15) is 0 Å². The number of aromatic nitrogens is 1. The van der Waals surface area contributed by atoms with Crippen molar-refractivity contribution in [3.8, 4) is 0 Å². The van der Waals surface area contributed by atoms with Crippen LogP contribution < -0.4 is 0 Å². The minimum atomic E-state index is -0.0587. The fourth-order valence-corrected chi connectivity index (χ4v) is 2.20. The summed E-state index contributed by atoms with van der Waals surface area (Å²) in [5.41, 5.74) is 0.960. The SMILES string of the molecule is CC1(C)CN(Cc2cccc(Cl)n2)CCO1. The molecule has 0 radical (unpaired) electrons. The summed E-state index contributed by atoms with van der Waals surface area (Å²) in [6.07, 6.45) is 0. The molecule has 16 heavy (non-hydrogen) atoms. The minimum Gasteiger partial charge on any atom is -0.373 e. The van der Waals surface area contributed by atoms with Crippen molar-refractivity contribution in [2.45, 2.75) is 26.0 Å². The molecule has 0 aliphatic carbocycles. The molecular formula is C12H17ClN2O. The average Bonchev–Trinajstić information content (AvgIpc) is 2.15. The summed E-state index contributed by atoms with van der Waals surface area (Å²) >= 11 is 5.86. The van der Waals surface area contributed by atoms with E-state index >= 15 is 0 Å². The lowest BCUT2D eigenvalue weighted by atomic mass is 10.1. The Balaban J connectivity index is 1.99. The Morgan fingerprint density at radius 3 is 3.00 bits per heavy atom. The molecule has 1 aliphatic rings. The molecule has 0 atom stereocenters. The number of nitrogens with zero attached hydrogens (tertiary/aromatic N) is 2. The van der Waals surface area contributed by atoms with E-state index in [1.807, 2.05) is 12.1 Å². The van der Waals surface area contributed by atoms with E-state index in [-0.39, 0.29) is 5.60 Å². The van der Waals surface area contributed by atoms with Crippen molar-refractivity contribution in [3.63, 3.8) is 0 Å². The largest absolute Gasteiger partial charge is 0.373 e. The predicted octanol–water partition coefficient (Wildman–Crippen LogP) is 2.35. The second kappa shape index (κ2) is 4.70. The third-order valence-corrected chi connectivity index (χ3v) is 2.87. The van der Waals surface area contributed by atoms with Crippen LogP contribution in [0, 0.1) is 0 Å². The van der Waals surface area contributed by atoms with E-state index in [1.54, 1.807) is 6.07 Å². The number of pyridine rings is 1. The van der Waals surface area contributed by atoms with Gasteiger partial charge >= 0.3 is 0 Å². The molecule has 1 aromatic heterocycles. The number of ether oxygens (including phenoxy) is 1. The number of hydrogen-bond acceptors (Lipinski definition) is 3. The zero-order chi connectivity index (χ0) is 11.6. The summed E-state index contributed by atoms with van der Waals surface area (Å²) in [5.74, 6) is 0. The molecule has 0 saturated carbocycles. The van der Waals surface area contributed by atoms with Crippen LogP contribution in [-0.4, -0.2) is 35.2 Å². The summed E-state index contributed by atoms with van der Waals surface area (Å²) in [6.45, 7) is 7.74. The molecule has 3 nitrogen and oxygen atoms in total. The van der Waals surface area contributed by atoms with Gasteiger partial charge in [-0.05, 0) is 26.0 Å². The molecule has 0 amide bonds. The van der Waals surface area contributed by atoms with Crippen molar-refractivity contribution in [1.82, 2.24) is 9.88 Å². The van der Waals surface area contributed by atoms with Crippen LogP contribution in [0.3, 0.4) is 0 Å². The zero-order valence-corrected chi connectivity index (χ0v) is 10.5. The Hall–Kier alpha value is -0.640. The van der Waals surface area contributed by atoms with Crippen molar-refractivity contribution < 1.29 is 4.74 Å². The van der Waals surface area contributed by atoms with E-state index in [0.29, 0.717) is 5.15 Å². The van der Waals surface area contributed by atoms with Crippen LogP contribution in [0.4, 0.5) is 0 Å². The van der Waals surface area contributed by atoms with Crippen LogP contribution in [0.5, 0.6) is 0 Å². The highest BCUT2D eigenvalue weighted by Gasteiger charge is 2.27. The van der Waals surface area contributed by atoms with E-state index < -0.39 is 0 Å². The summed E-state index contributed by atoms with van der Waals surface area (Å²) in [5, 5.41) is 0.560. The highest BCUT2D eigenvalue weighted by atomic mass is 35.5. The monoisotopic (exact) mass is 240 g/mol. The van der Waals surface area contributed by atoms with Gasteiger partial charge in [0.25, 0.3) is 0 Å². The van der Waals surface area contributed by atoms with Gasteiger partial charge in [0.2, 0.25) is 0 Å². The first-order chi connectivity index (χ1) is 7.55. The maximum atomic E-state index is 5.86. The third-order valence-electron chi connectivity index (χ3n) is 2.66. The lowest BCUT2D eigenvalue weighted by Gasteiger charge is -2.37. The van der Waals surface area contributed by atoms with Crippen LogP contribution >= 0.6 is 11.6 Å². The maximum absolute atomic E-state index is 5.86. The van der Waals surface area contributed by atoms with E-state index in [0.717, 1.165) is 31.9 Å². The van der Waals surface area contributed by atoms with Crippen molar-refractivity contribution in [2.75, 3.05) is 19.7 Å². The van der Waals surface area contributed by atoms with Crippen molar-refractivity contribution in [2.24, 2.45) is 0 Å². The van der Waals surface area contributed by atoms with Crippen molar-refractivity contribution in [3.05, 3.63) is 29.0 Å². The van der Waals surface area contributed by atoms with Crippen LogP contribution in [0.1, 0.15) is 19.5 Å². The fraction of sp³-hybridized carbons (Fsp3) is 0.583. The van der Waals surface area contributed by atoms with Crippen molar-refractivity contribution >= 4 is 11.6 Å². The van der Waals surface area contributed by atoms with Crippen LogP contribution in [-0.2, 0) is 11.3 Å². The quantitative estimate of drug-likeness (QED) is 0.742. The highest BCUT2D eigenvalue weighted by molar-refractivity contribution is 6.29. The van der Waals surface area contributed by atoms with Gasteiger partial charge in [-0.3, -0.25) is 4.90 Å². The number of rotatable bonds is 2. The molecule has 2 rings (SSSR count). The molecule has 0 spiro atoms. The first-order valence-electron chi connectivity index (χ1n) is 5.53. The van der Waals surface area contributed by atoms with Gasteiger partial charge in [0.05, 0.1) is 17.9 Å². The summed E-state index contributed by atoms with van der Waals surface area (Å²) in [7, 11) is 0. The molecule has 0 bridgehead atoms. The Morgan fingerprint density at radius 2 is 2.31 bits per heavy atom. The fourth-order valence-electron chi connectivity index (χ4n) is 2.02. The van der Waals surface area contributed by atoms with Gasteiger partial charge in [-0.1, -0.05) is 17.7 Å². The number of halogens is 1. The molecule has 0 aromatic carbocycles. The second-order valence-electron chi connectivity index (χ2n) is 4.77. The van der Waals surface area contributed by atoms with E-state index in [1.165, 1.54) is 0 Å². The third kappa shape index (κ3) is 3.17. The maximum Gasteiger partial charge on any atom is 0.129 e. The summed E-state index contributed by atoms with van der Waals surface area (Å²) in [4.78, 5) is 6.65. The Morgan fingerprint density at radius 1 is 1.50 bits per heavy atom. The molecule has 0 unspecified atom stereocenters. The van der Waals surface area contributed by atoms with E-state index in [2.05, 4.69) is 23.7 Å². The normalized spacial score (nSPS) is 20.9. The molecule has 2 heterocycles. The lowest BCUT2D eigenvalue weighted by molar-refractivity contribution is -0.0885. The first kappa shape index (κ1) is 11.8. The first-order valence-corrected chi connectivity index (χ1v) is 5.91. The molecule has 1 aliphatic heterocycles. The van der Waals surface area contributed by atoms with Gasteiger partial charge in [-0.15, -0.1) is 0 Å². The van der Waals surface area contributed by atoms with Crippen LogP contribution in [0.15, 0.2) is 18.2 Å². The number of hydrogen-bond donors (Lipinski definition) is 0. The van der Waals surface area contributed by atoms with Gasteiger partial charge < -0.3 is 4.74 Å². The molecule has 1 fully saturated rings. The summed E-state index contributed by atoms with van der Waals surface area (Å²) in [6, 6.07) is 5.75. The molecule has 1 aromatic rings. The van der Waals surface area contributed by atoms with Crippen LogP contribution in [0.25, 0.3) is 0 Å². The van der Waals surface area contributed by atoms with Gasteiger partial charge in [0.15, 0.2) is 0 Å². The molecule has 4 heteroatoms. The molecular weight excluding hydrogens is 224 g/mol. The molecule has 88 valence electrons. The molecule has 0 N–H and O–H groups in total. The zero-order valence-electron chi connectivity index (χ0n) is 9.74. The Bertz CT molecular complexity index is 368. The second-order valence-corrected chi connectivity index (χ2v) is 5.16. The summed E-state index contributed by atoms with van der Waals surface area (Å²) < 4.78 is 5.67. The smallest absolute Gasteiger partial charge is 0.129 e. The standard InChI is InChI=1S/C12H17ClN2O/c1-12(2)9-15(6-7-16-12)8-10-4-3-5-11(13)14-10/h3-5H,6-9H2,1-2H3. The Labute approximate surface area is 101 Å². The topological polar surface area (TPSA) is 25.4 Å². The Kier molecular flexibility index (Phi) is 3.47. The number of morpholine rings is 1. The predicted molar refractivity (Wildman–Crippen MR) is 64.6 cm³/mol. The van der Waals surface area contributed by atoms with Gasteiger partial charge in [-0.2, -0.15) is 0 Å². The van der Waals surface area contributed by atoms with Crippen molar-refractivity contribution in [1.29, 1.82) is 0 Å². The molecule has 1 saturated heterocycles. The minimum absolute atomic E-state index is 0.0587. The van der Waals surface area contributed by atoms with Gasteiger partial charge in [-0.25, -0.2) is 4.98 Å². The van der Waals surface area contributed by atoms with Gasteiger partial charge in [0, 0.05) is 19.6 Å². The van der Waals surface area contributed by atoms with Crippen LogP contribution in [0.2, 0.25) is 5.15 Å². The van der Waals surface area contributed by atoms with Gasteiger partial charge in [0.1, 0.15) is 5.15 Å². The highest BCUT2D eigenvalue weighted by Crippen LogP contribution is 2.18. The lowest BCUT2D eigenvalue weighted by Crippen LogP contribution is -2.47.